The molecule has 1 aliphatic rings. The lowest BCUT2D eigenvalue weighted by Crippen LogP contribution is -2.34. The molecule has 1 saturated heterocycles. The maximum absolute atomic E-state index is 10.1. The summed E-state index contributed by atoms with van der Waals surface area (Å²) in [7, 11) is 0. The van der Waals surface area contributed by atoms with Gasteiger partial charge < -0.3 is 14.7 Å². The van der Waals surface area contributed by atoms with E-state index in [-0.39, 0.29) is 6.61 Å². The van der Waals surface area contributed by atoms with Crippen LogP contribution in [0.5, 0.6) is 0 Å². The molecule has 1 aliphatic heterocycles. The highest BCUT2D eigenvalue weighted by atomic mass is 16.5. The first-order valence-electron chi connectivity index (χ1n) is 6.51. The van der Waals surface area contributed by atoms with Gasteiger partial charge in [-0.1, -0.05) is 5.16 Å². The number of aryl methyl sites for hydroxylation is 2. The van der Waals surface area contributed by atoms with Gasteiger partial charge in [-0.05, 0) is 39.7 Å². The number of aromatic nitrogens is 1. The normalized spacial score (nSPS) is 26.2. The molecule has 2 N–H and O–H groups in total. The van der Waals surface area contributed by atoms with Crippen LogP contribution in [0.15, 0.2) is 4.52 Å². The Labute approximate surface area is 107 Å². The summed E-state index contributed by atoms with van der Waals surface area (Å²) in [5.41, 5.74) is 1.19. The van der Waals surface area contributed by atoms with E-state index in [1.807, 2.05) is 13.8 Å². The van der Waals surface area contributed by atoms with Crippen molar-refractivity contribution < 1.29 is 14.7 Å². The maximum atomic E-state index is 10.1. The quantitative estimate of drug-likeness (QED) is 0.842. The molecule has 1 fully saturated rings. The maximum Gasteiger partial charge on any atom is 0.138 e. The van der Waals surface area contributed by atoms with Crippen LogP contribution in [0.3, 0.4) is 0 Å². The Bertz CT molecular complexity index is 385. The third kappa shape index (κ3) is 2.91. The zero-order chi connectivity index (χ0) is 13.2. The summed E-state index contributed by atoms with van der Waals surface area (Å²) >= 11 is 0. The van der Waals surface area contributed by atoms with Gasteiger partial charge in [-0.3, -0.25) is 4.90 Å². The average Bonchev–Trinajstić information content (AvgIpc) is 2.57. The molecule has 0 bridgehead atoms. The predicted octanol–water partition coefficient (Wildman–Crippen LogP) is 1.00. The van der Waals surface area contributed by atoms with E-state index in [1.54, 1.807) is 0 Å². The van der Waals surface area contributed by atoms with Crippen LogP contribution in [0, 0.1) is 13.8 Å². The molecule has 0 amide bonds. The molecule has 2 rings (SSSR count). The van der Waals surface area contributed by atoms with Crippen molar-refractivity contribution >= 4 is 0 Å². The fraction of sp³-hybridized carbons (Fsp3) is 0.769. The lowest BCUT2D eigenvalue weighted by molar-refractivity contribution is -0.0255. The summed E-state index contributed by atoms with van der Waals surface area (Å²) in [5, 5.41) is 23.3. The molecule has 0 aromatic carbocycles. The first-order chi connectivity index (χ1) is 8.54. The van der Waals surface area contributed by atoms with Crippen LogP contribution >= 0.6 is 0 Å². The summed E-state index contributed by atoms with van der Waals surface area (Å²) in [5.74, 6) is 0.870. The zero-order valence-electron chi connectivity index (χ0n) is 11.1. The van der Waals surface area contributed by atoms with E-state index in [4.69, 9.17) is 4.52 Å². The SMILES string of the molecule is Cc1noc(C)c1CN1CCCC(O)(CO)CC1. The fourth-order valence-electron chi connectivity index (χ4n) is 2.50. The molecule has 102 valence electrons. The van der Waals surface area contributed by atoms with Crippen LogP contribution in [0.2, 0.25) is 0 Å². The van der Waals surface area contributed by atoms with Gasteiger partial charge in [0.05, 0.1) is 17.9 Å². The highest BCUT2D eigenvalue weighted by Crippen LogP contribution is 2.24. The monoisotopic (exact) mass is 254 g/mol. The number of hydrogen-bond acceptors (Lipinski definition) is 5. The standard InChI is InChI=1S/C13H22N2O3/c1-10-12(11(2)18-14-10)8-15-6-3-4-13(17,9-16)5-7-15/h16-17H,3-9H2,1-2H3. The van der Waals surface area contributed by atoms with Gasteiger partial charge in [-0.2, -0.15) is 0 Å². The molecule has 0 spiro atoms. The van der Waals surface area contributed by atoms with Gasteiger partial charge >= 0.3 is 0 Å². The van der Waals surface area contributed by atoms with E-state index in [1.165, 1.54) is 0 Å². The van der Waals surface area contributed by atoms with Crippen LogP contribution in [-0.2, 0) is 6.54 Å². The molecular weight excluding hydrogens is 232 g/mol. The highest BCUT2D eigenvalue weighted by molar-refractivity contribution is 5.20. The largest absolute Gasteiger partial charge is 0.393 e. The van der Waals surface area contributed by atoms with Gasteiger partial charge in [0, 0.05) is 18.7 Å². The Morgan fingerprint density at radius 1 is 1.33 bits per heavy atom. The predicted molar refractivity (Wildman–Crippen MR) is 67.1 cm³/mol. The van der Waals surface area contributed by atoms with Crippen molar-refractivity contribution in [1.29, 1.82) is 0 Å². The zero-order valence-corrected chi connectivity index (χ0v) is 11.1. The summed E-state index contributed by atoms with van der Waals surface area (Å²) in [6.07, 6.45) is 2.19. The van der Waals surface area contributed by atoms with Crippen molar-refractivity contribution in [3.63, 3.8) is 0 Å². The van der Waals surface area contributed by atoms with E-state index in [0.717, 1.165) is 43.1 Å². The summed E-state index contributed by atoms with van der Waals surface area (Å²) in [6.45, 7) is 6.27. The lowest BCUT2D eigenvalue weighted by atomic mass is 9.96. The second-order valence-electron chi connectivity index (χ2n) is 5.31. The second-order valence-corrected chi connectivity index (χ2v) is 5.31. The Morgan fingerprint density at radius 3 is 2.72 bits per heavy atom. The third-order valence-corrected chi connectivity index (χ3v) is 3.87. The molecule has 1 unspecified atom stereocenters. The summed E-state index contributed by atoms with van der Waals surface area (Å²) in [6, 6.07) is 0. The first kappa shape index (κ1) is 13.5. The Hall–Kier alpha value is -0.910. The van der Waals surface area contributed by atoms with Crippen LogP contribution < -0.4 is 0 Å². The minimum atomic E-state index is -0.895. The minimum Gasteiger partial charge on any atom is -0.393 e. The van der Waals surface area contributed by atoms with Crippen molar-refractivity contribution in [3.8, 4) is 0 Å². The van der Waals surface area contributed by atoms with Crippen molar-refractivity contribution in [3.05, 3.63) is 17.0 Å². The van der Waals surface area contributed by atoms with Gasteiger partial charge in [0.15, 0.2) is 0 Å². The number of aliphatic hydroxyl groups is 2. The van der Waals surface area contributed by atoms with Gasteiger partial charge in [-0.15, -0.1) is 0 Å². The Balaban J connectivity index is 1.99. The minimum absolute atomic E-state index is 0.147. The van der Waals surface area contributed by atoms with Gasteiger partial charge in [-0.25, -0.2) is 0 Å². The van der Waals surface area contributed by atoms with Gasteiger partial charge in [0.2, 0.25) is 0 Å². The number of nitrogens with zero attached hydrogens (tertiary/aromatic N) is 2. The van der Waals surface area contributed by atoms with Crippen LogP contribution in [-0.4, -0.2) is 45.6 Å². The molecule has 1 aromatic rings. The number of hydrogen-bond donors (Lipinski definition) is 2. The van der Waals surface area contributed by atoms with Crippen LogP contribution in [0.4, 0.5) is 0 Å². The Kier molecular flexibility index (Phi) is 4.04. The smallest absolute Gasteiger partial charge is 0.138 e. The molecule has 0 saturated carbocycles. The number of aliphatic hydroxyl groups excluding tert-OH is 1. The van der Waals surface area contributed by atoms with E-state index in [9.17, 15) is 10.2 Å². The molecule has 0 radical (unpaired) electrons. The van der Waals surface area contributed by atoms with Gasteiger partial charge in [0.25, 0.3) is 0 Å². The average molecular weight is 254 g/mol. The summed E-state index contributed by atoms with van der Waals surface area (Å²) in [4.78, 5) is 2.29. The molecule has 18 heavy (non-hydrogen) atoms. The Morgan fingerprint density at radius 2 is 2.11 bits per heavy atom. The number of rotatable bonds is 3. The summed E-state index contributed by atoms with van der Waals surface area (Å²) < 4.78 is 5.16. The van der Waals surface area contributed by atoms with Crippen molar-refractivity contribution in [1.82, 2.24) is 10.1 Å². The third-order valence-electron chi connectivity index (χ3n) is 3.87. The molecule has 1 atom stereocenters. The van der Waals surface area contributed by atoms with E-state index >= 15 is 0 Å². The highest BCUT2D eigenvalue weighted by Gasteiger charge is 2.29. The molecule has 1 aromatic heterocycles. The fourth-order valence-corrected chi connectivity index (χ4v) is 2.50. The lowest BCUT2D eigenvalue weighted by Gasteiger charge is -2.24. The molecule has 2 heterocycles. The van der Waals surface area contributed by atoms with Crippen LogP contribution in [0.1, 0.15) is 36.3 Å². The van der Waals surface area contributed by atoms with E-state index in [2.05, 4.69) is 10.1 Å². The molecule has 5 heteroatoms. The molecule has 5 nitrogen and oxygen atoms in total. The van der Waals surface area contributed by atoms with Crippen LogP contribution in [0.25, 0.3) is 0 Å². The number of likely N-dealkylation sites (tertiary alicyclic amines) is 1. The first-order valence-corrected chi connectivity index (χ1v) is 6.51. The van der Waals surface area contributed by atoms with Crippen molar-refractivity contribution in [2.24, 2.45) is 0 Å². The molecular formula is C13H22N2O3. The van der Waals surface area contributed by atoms with E-state index in [0.29, 0.717) is 12.8 Å². The van der Waals surface area contributed by atoms with Gasteiger partial charge in [0.1, 0.15) is 5.76 Å². The molecule has 0 aliphatic carbocycles. The van der Waals surface area contributed by atoms with E-state index < -0.39 is 5.60 Å². The topological polar surface area (TPSA) is 69.7 Å². The second kappa shape index (κ2) is 5.38. The van der Waals surface area contributed by atoms with Crippen molar-refractivity contribution in [2.45, 2.75) is 45.3 Å². The van der Waals surface area contributed by atoms with Crippen molar-refractivity contribution in [2.75, 3.05) is 19.7 Å².